The van der Waals surface area contributed by atoms with Crippen molar-refractivity contribution < 1.29 is 4.79 Å². The van der Waals surface area contributed by atoms with E-state index < -0.39 is 0 Å². The molecule has 3 nitrogen and oxygen atoms in total. The molecule has 0 radical (unpaired) electrons. The second kappa shape index (κ2) is 5.63. The van der Waals surface area contributed by atoms with Crippen LogP contribution in [0.5, 0.6) is 0 Å². The van der Waals surface area contributed by atoms with E-state index >= 15 is 0 Å². The summed E-state index contributed by atoms with van der Waals surface area (Å²) in [5.74, 6) is -0.101. The summed E-state index contributed by atoms with van der Waals surface area (Å²) in [6.45, 7) is 3.92. The molecule has 0 atom stereocenters. The Morgan fingerprint density at radius 1 is 1.47 bits per heavy atom. The van der Waals surface area contributed by atoms with Crippen LogP contribution in [0.4, 0.5) is 11.4 Å². The first kappa shape index (κ1) is 13.9. The second-order valence-corrected chi connectivity index (χ2v) is 5.59. The molecule has 1 heterocycles. The first-order valence-corrected chi connectivity index (χ1v) is 7.22. The summed E-state index contributed by atoms with van der Waals surface area (Å²) in [6.07, 6.45) is 0.841. The van der Waals surface area contributed by atoms with Crippen molar-refractivity contribution in [3.8, 4) is 0 Å². The fourth-order valence-corrected chi connectivity index (χ4v) is 2.88. The number of aryl methyl sites for hydroxylation is 2. The highest BCUT2D eigenvalue weighted by Crippen LogP contribution is 2.28. The normalized spacial score (nSPS) is 10.5. The number of halogens is 1. The van der Waals surface area contributed by atoms with Crippen LogP contribution < -0.4 is 11.1 Å². The maximum absolute atomic E-state index is 12.2. The lowest BCUT2D eigenvalue weighted by atomic mass is 10.1. The number of carbonyl (C=O) groups is 1. The molecule has 1 amide bonds. The van der Waals surface area contributed by atoms with Crippen molar-refractivity contribution >= 4 is 40.2 Å². The van der Waals surface area contributed by atoms with E-state index in [1.807, 2.05) is 25.3 Å². The van der Waals surface area contributed by atoms with E-state index in [2.05, 4.69) is 5.32 Å². The molecule has 5 heteroatoms. The van der Waals surface area contributed by atoms with E-state index in [4.69, 9.17) is 17.3 Å². The van der Waals surface area contributed by atoms with Crippen molar-refractivity contribution in [1.82, 2.24) is 0 Å². The third-order valence-electron chi connectivity index (χ3n) is 2.93. The van der Waals surface area contributed by atoms with Crippen LogP contribution in [0.1, 0.15) is 27.7 Å². The van der Waals surface area contributed by atoms with Gasteiger partial charge in [-0.15, -0.1) is 11.3 Å². The van der Waals surface area contributed by atoms with Gasteiger partial charge in [-0.2, -0.15) is 0 Å². The Kier molecular flexibility index (Phi) is 4.12. The third kappa shape index (κ3) is 2.91. The molecule has 19 heavy (non-hydrogen) atoms. The van der Waals surface area contributed by atoms with Crippen LogP contribution >= 0.6 is 22.9 Å². The molecule has 1 aromatic carbocycles. The summed E-state index contributed by atoms with van der Waals surface area (Å²) in [4.78, 5) is 13.0. The van der Waals surface area contributed by atoms with Gasteiger partial charge >= 0.3 is 0 Å². The molecule has 0 aliphatic rings. The molecule has 100 valence electrons. The minimum absolute atomic E-state index is 0.101. The third-order valence-corrected chi connectivity index (χ3v) is 4.21. The fourth-order valence-electron chi connectivity index (χ4n) is 1.83. The SMILES string of the molecule is CCc1ccsc1C(=O)Nc1cc(Cl)c(N)cc1C. The van der Waals surface area contributed by atoms with Gasteiger partial charge in [-0.1, -0.05) is 18.5 Å². The number of rotatable bonds is 3. The van der Waals surface area contributed by atoms with Gasteiger partial charge in [0.2, 0.25) is 0 Å². The Hall–Kier alpha value is -1.52. The van der Waals surface area contributed by atoms with E-state index in [-0.39, 0.29) is 5.91 Å². The molecule has 2 aromatic rings. The van der Waals surface area contributed by atoms with Gasteiger partial charge in [0.1, 0.15) is 0 Å². The Balaban J connectivity index is 2.27. The smallest absolute Gasteiger partial charge is 0.266 e. The number of nitrogens with one attached hydrogen (secondary N) is 1. The number of nitrogens with two attached hydrogens (primary N) is 1. The van der Waals surface area contributed by atoms with E-state index in [0.717, 1.165) is 22.4 Å². The van der Waals surface area contributed by atoms with Crippen molar-refractivity contribution in [3.05, 3.63) is 44.6 Å². The van der Waals surface area contributed by atoms with Gasteiger partial charge in [-0.25, -0.2) is 0 Å². The van der Waals surface area contributed by atoms with Crippen LogP contribution in [0.25, 0.3) is 0 Å². The molecule has 0 aliphatic carbocycles. The monoisotopic (exact) mass is 294 g/mol. The standard InChI is InChI=1S/C14H15ClN2OS/c1-3-9-4-5-19-13(9)14(18)17-12-7-10(15)11(16)6-8(12)2/h4-7H,3,16H2,1-2H3,(H,17,18). The molecular formula is C14H15ClN2OS. The number of hydrogen-bond acceptors (Lipinski definition) is 3. The fraction of sp³-hybridized carbons (Fsp3) is 0.214. The predicted molar refractivity (Wildman–Crippen MR) is 82.3 cm³/mol. The zero-order chi connectivity index (χ0) is 14.0. The Morgan fingerprint density at radius 3 is 2.89 bits per heavy atom. The van der Waals surface area contributed by atoms with Crippen LogP contribution in [0, 0.1) is 6.92 Å². The van der Waals surface area contributed by atoms with Crippen molar-refractivity contribution in [3.63, 3.8) is 0 Å². The number of benzene rings is 1. The van der Waals surface area contributed by atoms with E-state index in [1.165, 1.54) is 11.3 Å². The average molecular weight is 295 g/mol. The van der Waals surface area contributed by atoms with Crippen molar-refractivity contribution in [2.24, 2.45) is 0 Å². The van der Waals surface area contributed by atoms with Crippen LogP contribution in [0.2, 0.25) is 5.02 Å². The molecular weight excluding hydrogens is 280 g/mol. The lowest BCUT2D eigenvalue weighted by Gasteiger charge is -2.10. The first-order chi connectivity index (χ1) is 9.02. The van der Waals surface area contributed by atoms with Crippen molar-refractivity contribution in [2.75, 3.05) is 11.1 Å². The molecule has 0 saturated heterocycles. The Labute approximate surface area is 121 Å². The lowest BCUT2D eigenvalue weighted by Crippen LogP contribution is -2.13. The summed E-state index contributed by atoms with van der Waals surface area (Å²) in [5, 5.41) is 5.26. The molecule has 1 aromatic heterocycles. The van der Waals surface area contributed by atoms with E-state index in [1.54, 1.807) is 12.1 Å². The Morgan fingerprint density at radius 2 is 2.21 bits per heavy atom. The van der Waals surface area contributed by atoms with Crippen LogP contribution in [0.15, 0.2) is 23.6 Å². The zero-order valence-corrected chi connectivity index (χ0v) is 12.4. The van der Waals surface area contributed by atoms with Crippen LogP contribution in [0.3, 0.4) is 0 Å². The quantitative estimate of drug-likeness (QED) is 0.837. The van der Waals surface area contributed by atoms with Gasteiger partial charge in [-0.3, -0.25) is 4.79 Å². The predicted octanol–water partition coefficient (Wildman–Crippen LogP) is 4.11. The maximum Gasteiger partial charge on any atom is 0.266 e. The molecule has 2 rings (SSSR count). The van der Waals surface area contributed by atoms with Crippen molar-refractivity contribution in [1.29, 1.82) is 0 Å². The highest BCUT2D eigenvalue weighted by Gasteiger charge is 2.14. The average Bonchev–Trinajstić information content (AvgIpc) is 2.84. The number of nitrogen functional groups attached to an aromatic ring is 1. The number of thiophene rings is 1. The number of carbonyl (C=O) groups excluding carboxylic acids is 1. The molecule has 0 fully saturated rings. The minimum Gasteiger partial charge on any atom is -0.398 e. The highest BCUT2D eigenvalue weighted by molar-refractivity contribution is 7.12. The second-order valence-electron chi connectivity index (χ2n) is 4.27. The van der Waals surface area contributed by atoms with Crippen LogP contribution in [-0.2, 0) is 6.42 Å². The van der Waals surface area contributed by atoms with E-state index in [0.29, 0.717) is 16.4 Å². The molecule has 0 bridgehead atoms. The molecule has 0 aliphatic heterocycles. The van der Waals surface area contributed by atoms with Crippen LogP contribution in [-0.4, -0.2) is 5.91 Å². The van der Waals surface area contributed by atoms with E-state index in [9.17, 15) is 4.79 Å². The largest absolute Gasteiger partial charge is 0.398 e. The Bertz CT molecular complexity index is 622. The van der Waals surface area contributed by atoms with Gasteiger partial charge in [0.05, 0.1) is 15.6 Å². The minimum atomic E-state index is -0.101. The number of hydrogen-bond donors (Lipinski definition) is 2. The number of anilines is 2. The van der Waals surface area contributed by atoms with Crippen molar-refractivity contribution in [2.45, 2.75) is 20.3 Å². The highest BCUT2D eigenvalue weighted by atomic mass is 35.5. The lowest BCUT2D eigenvalue weighted by molar-refractivity contribution is 0.102. The maximum atomic E-state index is 12.2. The molecule has 0 unspecified atom stereocenters. The summed E-state index contributed by atoms with van der Waals surface area (Å²) < 4.78 is 0. The number of amides is 1. The topological polar surface area (TPSA) is 55.1 Å². The molecule has 0 saturated carbocycles. The summed E-state index contributed by atoms with van der Waals surface area (Å²) in [6, 6.07) is 5.42. The summed E-state index contributed by atoms with van der Waals surface area (Å²) in [5.41, 5.74) is 8.88. The van der Waals surface area contributed by atoms with Gasteiger partial charge in [0.25, 0.3) is 5.91 Å². The van der Waals surface area contributed by atoms with Gasteiger partial charge in [-0.05, 0) is 48.1 Å². The summed E-state index contributed by atoms with van der Waals surface area (Å²) in [7, 11) is 0. The van der Waals surface area contributed by atoms with Gasteiger partial charge < -0.3 is 11.1 Å². The summed E-state index contributed by atoms with van der Waals surface area (Å²) >= 11 is 7.42. The van der Waals surface area contributed by atoms with Gasteiger partial charge in [0.15, 0.2) is 0 Å². The zero-order valence-electron chi connectivity index (χ0n) is 10.8. The van der Waals surface area contributed by atoms with Gasteiger partial charge in [0, 0.05) is 5.69 Å². The molecule has 0 spiro atoms. The first-order valence-electron chi connectivity index (χ1n) is 5.96. The molecule has 3 N–H and O–H groups in total.